The van der Waals surface area contributed by atoms with Gasteiger partial charge in [0, 0.05) is 23.4 Å². The Labute approximate surface area is 115 Å². The molecule has 0 aliphatic carbocycles. The predicted molar refractivity (Wildman–Crippen MR) is 75.6 cm³/mol. The molecule has 1 aromatic rings. The Morgan fingerprint density at radius 3 is 2.83 bits per heavy atom. The van der Waals surface area contributed by atoms with Crippen LogP contribution < -0.4 is 5.32 Å². The van der Waals surface area contributed by atoms with Crippen molar-refractivity contribution in [3.63, 3.8) is 0 Å². The van der Waals surface area contributed by atoms with Crippen LogP contribution in [0.5, 0.6) is 0 Å². The summed E-state index contributed by atoms with van der Waals surface area (Å²) in [5.74, 6) is 0.536. The molecule has 0 bridgehead atoms. The van der Waals surface area contributed by atoms with Crippen LogP contribution >= 0.6 is 23.4 Å². The van der Waals surface area contributed by atoms with Crippen molar-refractivity contribution in [2.75, 3.05) is 23.9 Å². The average molecular weight is 291 g/mol. The van der Waals surface area contributed by atoms with Crippen molar-refractivity contribution in [2.45, 2.75) is 12.5 Å². The van der Waals surface area contributed by atoms with Crippen LogP contribution in [0.1, 0.15) is 6.92 Å². The Bertz CT molecular complexity index is 440. The lowest BCUT2D eigenvalue weighted by molar-refractivity contribution is -0.384. The maximum atomic E-state index is 10.8. The molecule has 18 heavy (non-hydrogen) atoms. The maximum Gasteiger partial charge on any atom is 0.292 e. The molecule has 0 radical (unpaired) electrons. The second kappa shape index (κ2) is 6.26. The van der Waals surface area contributed by atoms with Gasteiger partial charge in [0.05, 0.1) is 10.5 Å². The first-order valence-electron chi connectivity index (χ1n) is 5.25. The summed E-state index contributed by atoms with van der Waals surface area (Å²) in [4.78, 5) is 10.4. The van der Waals surface area contributed by atoms with Crippen molar-refractivity contribution in [2.24, 2.45) is 0 Å². The van der Waals surface area contributed by atoms with E-state index in [4.69, 9.17) is 11.6 Å². The summed E-state index contributed by atoms with van der Waals surface area (Å²) < 4.78 is 0. The first-order chi connectivity index (χ1) is 8.35. The summed E-state index contributed by atoms with van der Waals surface area (Å²) in [5, 5.41) is 24.1. The summed E-state index contributed by atoms with van der Waals surface area (Å²) in [6.45, 7) is 1.89. The second-order valence-corrected chi connectivity index (χ2v) is 5.50. The van der Waals surface area contributed by atoms with E-state index in [2.05, 4.69) is 5.32 Å². The Morgan fingerprint density at radius 2 is 2.28 bits per heavy atom. The van der Waals surface area contributed by atoms with E-state index in [9.17, 15) is 15.2 Å². The molecule has 0 saturated carbocycles. The third-order valence-corrected chi connectivity index (χ3v) is 3.42. The zero-order chi connectivity index (χ0) is 13.8. The molecule has 100 valence electrons. The number of thioether (sulfide) groups is 1. The highest BCUT2D eigenvalue weighted by Crippen LogP contribution is 2.28. The van der Waals surface area contributed by atoms with Gasteiger partial charge in [0.25, 0.3) is 5.69 Å². The van der Waals surface area contributed by atoms with Crippen LogP contribution in [0.4, 0.5) is 11.4 Å². The van der Waals surface area contributed by atoms with Gasteiger partial charge in [-0.3, -0.25) is 10.1 Å². The van der Waals surface area contributed by atoms with Gasteiger partial charge in [-0.2, -0.15) is 11.8 Å². The van der Waals surface area contributed by atoms with Crippen LogP contribution in [0.15, 0.2) is 18.2 Å². The zero-order valence-corrected chi connectivity index (χ0v) is 11.7. The molecule has 0 aliphatic heterocycles. The molecule has 1 aromatic carbocycles. The molecule has 2 N–H and O–H groups in total. The van der Waals surface area contributed by atoms with E-state index in [1.165, 1.54) is 30.0 Å². The number of nitro benzene ring substituents is 1. The molecule has 0 fully saturated rings. The minimum atomic E-state index is -0.935. The molecule has 7 heteroatoms. The van der Waals surface area contributed by atoms with Crippen molar-refractivity contribution in [1.29, 1.82) is 0 Å². The Balaban J connectivity index is 2.83. The first kappa shape index (κ1) is 15.1. The molecule has 1 rings (SSSR count). The monoisotopic (exact) mass is 290 g/mol. The van der Waals surface area contributed by atoms with Gasteiger partial charge < -0.3 is 10.4 Å². The van der Waals surface area contributed by atoms with Crippen molar-refractivity contribution < 1.29 is 10.0 Å². The van der Waals surface area contributed by atoms with Crippen molar-refractivity contribution >= 4 is 34.7 Å². The van der Waals surface area contributed by atoms with E-state index in [-0.39, 0.29) is 12.2 Å². The Morgan fingerprint density at radius 1 is 1.61 bits per heavy atom. The van der Waals surface area contributed by atoms with Crippen LogP contribution in [-0.2, 0) is 0 Å². The van der Waals surface area contributed by atoms with Crippen LogP contribution in [0.25, 0.3) is 0 Å². The fourth-order valence-corrected chi connectivity index (χ4v) is 2.35. The summed E-state index contributed by atoms with van der Waals surface area (Å²) in [5.41, 5.74) is -0.677. The first-order valence-corrected chi connectivity index (χ1v) is 7.02. The topological polar surface area (TPSA) is 75.4 Å². The maximum absolute atomic E-state index is 10.8. The van der Waals surface area contributed by atoms with Crippen molar-refractivity contribution in [1.82, 2.24) is 0 Å². The second-order valence-electron chi connectivity index (χ2n) is 4.20. The van der Waals surface area contributed by atoms with Gasteiger partial charge >= 0.3 is 0 Å². The van der Waals surface area contributed by atoms with Crippen molar-refractivity contribution in [3.8, 4) is 0 Å². The fraction of sp³-hybridized carbons (Fsp3) is 0.455. The molecule has 1 unspecified atom stereocenters. The minimum Gasteiger partial charge on any atom is -0.387 e. The molecule has 0 heterocycles. The number of nitro groups is 1. The fourth-order valence-electron chi connectivity index (χ4n) is 1.46. The van der Waals surface area contributed by atoms with Gasteiger partial charge in [0.1, 0.15) is 5.69 Å². The molecular formula is C11H15ClN2O3S. The lowest BCUT2D eigenvalue weighted by atomic mass is 10.1. The number of benzene rings is 1. The average Bonchev–Trinajstić information content (AvgIpc) is 2.26. The number of aliphatic hydroxyl groups is 1. The van der Waals surface area contributed by atoms with Crippen LogP contribution in [0.2, 0.25) is 5.02 Å². The molecule has 0 amide bonds. The molecule has 0 spiro atoms. The number of hydrogen-bond donors (Lipinski definition) is 2. The third kappa shape index (κ3) is 4.36. The van der Waals surface area contributed by atoms with Crippen molar-refractivity contribution in [3.05, 3.63) is 33.3 Å². The van der Waals surface area contributed by atoms with E-state index in [0.717, 1.165) is 0 Å². The molecule has 0 aliphatic rings. The van der Waals surface area contributed by atoms with E-state index < -0.39 is 10.5 Å². The molecule has 1 atom stereocenters. The summed E-state index contributed by atoms with van der Waals surface area (Å²) >= 11 is 7.31. The smallest absolute Gasteiger partial charge is 0.292 e. The van der Waals surface area contributed by atoms with Gasteiger partial charge in [0.2, 0.25) is 0 Å². The summed E-state index contributed by atoms with van der Waals surface area (Å²) in [6, 6.07) is 4.29. The predicted octanol–water partition coefficient (Wildman–Crippen LogP) is 2.77. The van der Waals surface area contributed by atoms with Crippen LogP contribution in [-0.4, -0.2) is 34.2 Å². The van der Waals surface area contributed by atoms with Crippen LogP contribution in [0.3, 0.4) is 0 Å². The number of rotatable bonds is 6. The minimum absolute atomic E-state index is 0.0562. The Kier molecular flexibility index (Phi) is 5.25. The van der Waals surface area contributed by atoms with E-state index in [1.54, 1.807) is 6.92 Å². The SMILES string of the molecule is CSCC(C)(O)CNc1cc(Cl)ccc1[N+](=O)[O-]. The summed E-state index contributed by atoms with van der Waals surface area (Å²) in [7, 11) is 0. The van der Waals surface area contributed by atoms with Gasteiger partial charge in [-0.25, -0.2) is 0 Å². The highest BCUT2D eigenvalue weighted by Gasteiger charge is 2.21. The van der Waals surface area contributed by atoms with Crippen LogP contribution in [0, 0.1) is 10.1 Å². The molecular weight excluding hydrogens is 276 g/mol. The number of anilines is 1. The van der Waals surface area contributed by atoms with E-state index >= 15 is 0 Å². The van der Waals surface area contributed by atoms with Gasteiger partial charge in [-0.05, 0) is 25.3 Å². The molecule has 0 saturated heterocycles. The Hall–Kier alpha value is -0.980. The van der Waals surface area contributed by atoms with E-state index in [1.807, 2.05) is 6.26 Å². The molecule has 0 aromatic heterocycles. The van der Waals surface area contributed by atoms with Gasteiger partial charge in [0.15, 0.2) is 0 Å². The van der Waals surface area contributed by atoms with Gasteiger partial charge in [-0.15, -0.1) is 0 Å². The number of halogens is 1. The number of hydrogen-bond acceptors (Lipinski definition) is 5. The van der Waals surface area contributed by atoms with E-state index in [0.29, 0.717) is 16.5 Å². The normalized spacial score (nSPS) is 14.0. The highest BCUT2D eigenvalue weighted by atomic mass is 35.5. The van der Waals surface area contributed by atoms with Gasteiger partial charge in [-0.1, -0.05) is 11.6 Å². The lowest BCUT2D eigenvalue weighted by Gasteiger charge is -2.23. The quantitative estimate of drug-likeness (QED) is 0.622. The largest absolute Gasteiger partial charge is 0.387 e. The third-order valence-electron chi connectivity index (χ3n) is 2.27. The standard InChI is InChI=1S/C11H15ClN2O3S/c1-11(15,7-18-2)6-13-9-5-8(12)3-4-10(9)14(16)17/h3-5,13,15H,6-7H2,1-2H3. The zero-order valence-electron chi connectivity index (χ0n) is 10.1. The lowest BCUT2D eigenvalue weighted by Crippen LogP contribution is -2.36. The summed E-state index contributed by atoms with van der Waals surface area (Å²) in [6.07, 6.45) is 1.89. The number of nitrogens with one attached hydrogen (secondary N) is 1. The molecule has 5 nitrogen and oxygen atoms in total. The number of nitrogens with zero attached hydrogens (tertiary/aromatic N) is 1. The highest BCUT2D eigenvalue weighted by molar-refractivity contribution is 7.98.